The fourth-order valence-corrected chi connectivity index (χ4v) is 6.18. The molecule has 226 valence electrons. The number of carbonyl (C=O) groups is 1. The first-order chi connectivity index (χ1) is 21.3. The van der Waals surface area contributed by atoms with Gasteiger partial charge in [0.25, 0.3) is 0 Å². The molecule has 0 aliphatic carbocycles. The molecule has 0 saturated carbocycles. The van der Waals surface area contributed by atoms with Gasteiger partial charge in [0, 0.05) is 44.7 Å². The summed E-state index contributed by atoms with van der Waals surface area (Å²) in [6.07, 6.45) is 1.44. The fourth-order valence-electron chi connectivity index (χ4n) is 5.93. The predicted octanol–water partition coefficient (Wildman–Crippen LogP) is 9.10. The highest BCUT2D eigenvalue weighted by Crippen LogP contribution is 2.53. The minimum Gasteiger partial charge on any atom is -0.496 e. The molecule has 0 fully saturated rings. The van der Waals surface area contributed by atoms with Crippen LogP contribution in [0.3, 0.4) is 0 Å². The molecular formula is C35H32Cl2N2O5. The third kappa shape index (κ3) is 6.07. The lowest BCUT2D eigenvalue weighted by atomic mass is 9.75. The molecule has 0 radical (unpaired) electrons. The smallest absolute Gasteiger partial charge is 0.496 e. The van der Waals surface area contributed by atoms with Gasteiger partial charge in [-0.25, -0.2) is 4.79 Å². The Morgan fingerprint density at radius 2 is 1.52 bits per heavy atom. The molecule has 5 rings (SSSR count). The number of rotatable bonds is 10. The van der Waals surface area contributed by atoms with Crippen molar-refractivity contribution in [1.82, 2.24) is 0 Å². The van der Waals surface area contributed by atoms with E-state index in [0.717, 1.165) is 22.6 Å². The lowest BCUT2D eigenvalue weighted by Crippen LogP contribution is -2.58. The number of para-hydroxylation sites is 2. The Morgan fingerprint density at radius 3 is 2.14 bits per heavy atom. The second kappa shape index (κ2) is 13.4. The van der Waals surface area contributed by atoms with Crippen molar-refractivity contribution >= 4 is 40.7 Å². The number of hydrogen-bond acceptors (Lipinski definition) is 6. The summed E-state index contributed by atoms with van der Waals surface area (Å²) in [7, 11) is 3.21. The molecule has 1 heterocycles. The van der Waals surface area contributed by atoms with Crippen LogP contribution in [0, 0.1) is 0 Å². The highest BCUT2D eigenvalue weighted by atomic mass is 35.5. The largest absolute Gasteiger partial charge is 0.506 e. The fraction of sp³-hybridized carbons (Fsp3) is 0.171. The summed E-state index contributed by atoms with van der Waals surface area (Å²) in [6.45, 7) is 4.04. The maximum atomic E-state index is 12.3. The van der Waals surface area contributed by atoms with E-state index in [9.17, 15) is 9.90 Å². The molecular weight excluding hydrogens is 599 g/mol. The number of carboxylic acid groups (broad SMARTS) is 1. The van der Waals surface area contributed by atoms with Crippen molar-refractivity contribution in [2.45, 2.75) is 24.1 Å². The summed E-state index contributed by atoms with van der Waals surface area (Å²) in [5.74, 6) is 1.21. The van der Waals surface area contributed by atoms with Gasteiger partial charge in [0.2, 0.25) is 0 Å². The maximum Gasteiger partial charge on any atom is 0.506 e. The number of nitrogens with zero attached hydrogens (tertiary/aromatic N) is 1. The number of ether oxygens (including phenoxy) is 3. The Morgan fingerprint density at radius 1 is 0.932 bits per heavy atom. The van der Waals surface area contributed by atoms with Crippen LogP contribution in [0.15, 0.2) is 121 Å². The Balaban J connectivity index is 1.90. The van der Waals surface area contributed by atoms with E-state index in [-0.39, 0.29) is 0 Å². The van der Waals surface area contributed by atoms with Crippen molar-refractivity contribution in [3.63, 3.8) is 0 Å². The third-order valence-electron chi connectivity index (χ3n) is 7.68. The Hall–Kier alpha value is -4.59. The van der Waals surface area contributed by atoms with E-state index in [1.165, 1.54) is 6.08 Å². The summed E-state index contributed by atoms with van der Waals surface area (Å²) in [4.78, 5) is 14.4. The normalized spacial score (nSPS) is 18.5. The molecule has 0 aromatic heterocycles. The molecule has 4 aromatic rings. The molecule has 0 amide bonds. The van der Waals surface area contributed by atoms with Gasteiger partial charge in [-0.1, -0.05) is 66.2 Å². The maximum absolute atomic E-state index is 12.3. The molecule has 0 bridgehead atoms. The van der Waals surface area contributed by atoms with Gasteiger partial charge in [0.1, 0.15) is 17.0 Å². The Kier molecular flexibility index (Phi) is 9.37. The van der Waals surface area contributed by atoms with Gasteiger partial charge in [-0.2, -0.15) is 0 Å². The molecule has 1 aliphatic heterocycles. The zero-order valence-electron chi connectivity index (χ0n) is 24.2. The molecule has 4 aromatic carbocycles. The van der Waals surface area contributed by atoms with Crippen LogP contribution in [0.5, 0.6) is 11.5 Å². The second-order valence-electron chi connectivity index (χ2n) is 10.2. The summed E-state index contributed by atoms with van der Waals surface area (Å²) in [6, 6.07) is 29.6. The first-order valence-electron chi connectivity index (χ1n) is 13.9. The topological polar surface area (TPSA) is 80.3 Å². The number of methoxy groups -OCH3 is 2. The van der Waals surface area contributed by atoms with E-state index in [0.29, 0.717) is 33.5 Å². The predicted molar refractivity (Wildman–Crippen MR) is 175 cm³/mol. The molecule has 0 spiro atoms. The van der Waals surface area contributed by atoms with Crippen LogP contribution in [-0.4, -0.2) is 31.6 Å². The van der Waals surface area contributed by atoms with Crippen molar-refractivity contribution in [2.75, 3.05) is 24.4 Å². The quantitative estimate of drug-likeness (QED) is 0.134. The Labute approximate surface area is 266 Å². The summed E-state index contributed by atoms with van der Waals surface area (Å²) in [5, 5.41) is 14.7. The third-order valence-corrected chi connectivity index (χ3v) is 8.19. The van der Waals surface area contributed by atoms with Gasteiger partial charge < -0.3 is 29.5 Å². The summed E-state index contributed by atoms with van der Waals surface area (Å²) < 4.78 is 17.5. The molecule has 44 heavy (non-hydrogen) atoms. The van der Waals surface area contributed by atoms with Crippen molar-refractivity contribution in [3.05, 3.63) is 143 Å². The zero-order valence-corrected chi connectivity index (χ0v) is 25.8. The standard InChI is InChI=1S/C35H32Cl2N2O5/c1-4-33(44-34(40)41)35(29-10-6-8-12-32(29)43-3)22-26(38-25-17-13-23(36)14-18-25)21-30(28-9-5-7-11-31(28)42-2)39(35)27-19-15-24(37)16-20-27/h4-20,22,30,33,38H,1,21H2,2-3H3,(H,40,41). The molecule has 9 heteroatoms. The van der Waals surface area contributed by atoms with Gasteiger partial charge in [0.05, 0.1) is 20.3 Å². The van der Waals surface area contributed by atoms with Gasteiger partial charge in [0.15, 0.2) is 6.10 Å². The summed E-state index contributed by atoms with van der Waals surface area (Å²) >= 11 is 12.5. The molecule has 7 nitrogen and oxygen atoms in total. The lowest BCUT2D eigenvalue weighted by Gasteiger charge is -2.54. The number of hydrogen-bond donors (Lipinski definition) is 2. The van der Waals surface area contributed by atoms with E-state index in [1.807, 2.05) is 78.9 Å². The van der Waals surface area contributed by atoms with Gasteiger partial charge in [-0.15, -0.1) is 0 Å². The minimum absolute atomic E-state index is 0.406. The van der Waals surface area contributed by atoms with E-state index < -0.39 is 23.8 Å². The average Bonchev–Trinajstić information content (AvgIpc) is 3.04. The number of anilines is 2. The van der Waals surface area contributed by atoms with E-state index >= 15 is 0 Å². The van der Waals surface area contributed by atoms with Crippen LogP contribution in [0.25, 0.3) is 0 Å². The van der Waals surface area contributed by atoms with Gasteiger partial charge in [-0.05, 0) is 72.8 Å². The van der Waals surface area contributed by atoms with Gasteiger partial charge in [-0.3, -0.25) is 0 Å². The van der Waals surface area contributed by atoms with Crippen LogP contribution in [0.1, 0.15) is 23.6 Å². The zero-order chi connectivity index (χ0) is 31.3. The minimum atomic E-state index is -1.44. The number of nitrogens with one attached hydrogen (secondary N) is 1. The van der Waals surface area contributed by atoms with Crippen LogP contribution in [0.4, 0.5) is 16.2 Å². The highest BCUT2D eigenvalue weighted by Gasteiger charge is 2.53. The monoisotopic (exact) mass is 630 g/mol. The first kappa shape index (κ1) is 30.9. The molecule has 3 atom stereocenters. The second-order valence-corrected chi connectivity index (χ2v) is 11.0. The van der Waals surface area contributed by atoms with Crippen LogP contribution in [0.2, 0.25) is 10.0 Å². The van der Waals surface area contributed by atoms with E-state index in [1.54, 1.807) is 38.5 Å². The average molecular weight is 632 g/mol. The first-order valence-corrected chi connectivity index (χ1v) is 14.6. The highest BCUT2D eigenvalue weighted by molar-refractivity contribution is 6.30. The number of benzene rings is 4. The van der Waals surface area contributed by atoms with E-state index in [2.05, 4.69) is 16.8 Å². The molecule has 2 N–H and O–H groups in total. The van der Waals surface area contributed by atoms with Crippen LogP contribution in [-0.2, 0) is 10.3 Å². The number of halogens is 2. The van der Waals surface area contributed by atoms with E-state index in [4.69, 9.17) is 37.4 Å². The molecule has 0 saturated heterocycles. The molecule has 1 aliphatic rings. The van der Waals surface area contributed by atoms with Crippen molar-refractivity contribution in [3.8, 4) is 11.5 Å². The summed E-state index contributed by atoms with van der Waals surface area (Å²) in [5.41, 5.74) is 2.60. The lowest BCUT2D eigenvalue weighted by molar-refractivity contribution is 0.0404. The van der Waals surface area contributed by atoms with Crippen LogP contribution < -0.4 is 19.7 Å². The van der Waals surface area contributed by atoms with Crippen molar-refractivity contribution in [2.24, 2.45) is 0 Å². The molecule has 3 unspecified atom stereocenters. The van der Waals surface area contributed by atoms with Gasteiger partial charge >= 0.3 is 6.16 Å². The van der Waals surface area contributed by atoms with Crippen molar-refractivity contribution < 1.29 is 24.1 Å². The SMILES string of the molecule is C=CC(OC(=O)O)C1(c2ccccc2OC)C=C(Nc2ccc(Cl)cc2)CC(c2ccccc2OC)N1c1ccc(Cl)cc1. The van der Waals surface area contributed by atoms with Crippen LogP contribution >= 0.6 is 23.2 Å². The van der Waals surface area contributed by atoms with Crippen molar-refractivity contribution in [1.29, 1.82) is 0 Å². The Bertz CT molecular complexity index is 1660.